The standard InChI is InChI=1S/C13H16ClF2NO2/c1-8(2)5-10(14)6-9-3-4-11(17(18)19)7-12(9)13(15)16/h3-4,7-8,10,13H,5-6H2,1-2H3. The predicted molar refractivity (Wildman–Crippen MR) is 70.9 cm³/mol. The van der Waals surface area contributed by atoms with Crippen LogP contribution in [0.1, 0.15) is 37.8 Å². The van der Waals surface area contributed by atoms with Crippen molar-refractivity contribution in [2.24, 2.45) is 5.92 Å². The van der Waals surface area contributed by atoms with E-state index in [-0.39, 0.29) is 23.0 Å². The van der Waals surface area contributed by atoms with Crippen molar-refractivity contribution in [2.75, 3.05) is 0 Å². The van der Waals surface area contributed by atoms with Crippen molar-refractivity contribution in [1.82, 2.24) is 0 Å². The Bertz CT molecular complexity index is 452. The fourth-order valence-electron chi connectivity index (χ4n) is 1.92. The van der Waals surface area contributed by atoms with Crippen LogP contribution in [0.25, 0.3) is 0 Å². The van der Waals surface area contributed by atoms with E-state index in [1.54, 1.807) is 0 Å². The van der Waals surface area contributed by atoms with Gasteiger partial charge in [-0.15, -0.1) is 11.6 Å². The average molecular weight is 292 g/mol. The summed E-state index contributed by atoms with van der Waals surface area (Å²) in [5.41, 5.74) is -0.251. The van der Waals surface area contributed by atoms with Crippen LogP contribution in [-0.4, -0.2) is 10.3 Å². The Labute approximate surface area is 115 Å². The van der Waals surface area contributed by atoms with Crippen LogP contribution in [0.15, 0.2) is 18.2 Å². The number of halogens is 3. The van der Waals surface area contributed by atoms with E-state index in [1.807, 2.05) is 13.8 Å². The van der Waals surface area contributed by atoms with Gasteiger partial charge >= 0.3 is 0 Å². The maximum Gasteiger partial charge on any atom is 0.269 e. The van der Waals surface area contributed by atoms with Crippen LogP contribution in [0.2, 0.25) is 0 Å². The predicted octanol–water partition coefficient (Wildman–Crippen LogP) is 4.73. The molecule has 19 heavy (non-hydrogen) atoms. The van der Waals surface area contributed by atoms with Crippen molar-refractivity contribution >= 4 is 17.3 Å². The minimum absolute atomic E-state index is 0.251. The topological polar surface area (TPSA) is 43.1 Å². The second-order valence-corrected chi connectivity index (χ2v) is 5.49. The van der Waals surface area contributed by atoms with Gasteiger partial charge in [0.1, 0.15) is 0 Å². The molecule has 0 heterocycles. The average Bonchev–Trinajstić information content (AvgIpc) is 2.27. The molecule has 1 aromatic rings. The molecule has 1 rings (SSSR count). The zero-order chi connectivity index (χ0) is 14.6. The van der Waals surface area contributed by atoms with Crippen LogP contribution in [0.3, 0.4) is 0 Å². The largest absolute Gasteiger partial charge is 0.269 e. The summed E-state index contributed by atoms with van der Waals surface area (Å²) in [5.74, 6) is 0.371. The van der Waals surface area contributed by atoms with Gasteiger partial charge in [0.05, 0.1) is 4.92 Å². The first kappa shape index (κ1) is 15.8. The van der Waals surface area contributed by atoms with Gasteiger partial charge in [-0.25, -0.2) is 8.78 Å². The van der Waals surface area contributed by atoms with E-state index in [2.05, 4.69) is 0 Å². The normalized spacial score (nSPS) is 13.0. The lowest BCUT2D eigenvalue weighted by atomic mass is 9.98. The second-order valence-electron chi connectivity index (χ2n) is 4.87. The first-order valence-corrected chi connectivity index (χ1v) is 6.44. The molecule has 1 atom stereocenters. The summed E-state index contributed by atoms with van der Waals surface area (Å²) in [6.45, 7) is 4.00. The lowest BCUT2D eigenvalue weighted by Crippen LogP contribution is -2.09. The Morgan fingerprint density at radius 1 is 1.37 bits per heavy atom. The minimum atomic E-state index is -2.74. The fraction of sp³-hybridized carbons (Fsp3) is 0.538. The highest BCUT2D eigenvalue weighted by Crippen LogP contribution is 2.29. The molecule has 0 aliphatic rings. The Hall–Kier alpha value is -1.23. The number of nitro benzene ring substituents is 1. The highest BCUT2D eigenvalue weighted by atomic mass is 35.5. The lowest BCUT2D eigenvalue weighted by Gasteiger charge is -2.14. The van der Waals surface area contributed by atoms with Crippen LogP contribution in [0.5, 0.6) is 0 Å². The number of nitro groups is 1. The molecule has 0 saturated heterocycles. The van der Waals surface area contributed by atoms with Gasteiger partial charge in [-0.05, 0) is 24.3 Å². The van der Waals surface area contributed by atoms with Gasteiger partial charge < -0.3 is 0 Å². The Morgan fingerprint density at radius 2 is 2.00 bits per heavy atom. The molecule has 0 saturated carbocycles. The van der Waals surface area contributed by atoms with Gasteiger partial charge in [0, 0.05) is 23.1 Å². The van der Waals surface area contributed by atoms with Crippen molar-refractivity contribution in [1.29, 1.82) is 0 Å². The first-order valence-electron chi connectivity index (χ1n) is 6.00. The zero-order valence-electron chi connectivity index (χ0n) is 10.8. The molecule has 0 fully saturated rings. The number of benzene rings is 1. The van der Waals surface area contributed by atoms with Crippen molar-refractivity contribution in [3.05, 3.63) is 39.4 Å². The molecular formula is C13H16ClF2NO2. The smallest absolute Gasteiger partial charge is 0.258 e. The summed E-state index contributed by atoms with van der Waals surface area (Å²) < 4.78 is 25.8. The van der Waals surface area contributed by atoms with E-state index < -0.39 is 11.3 Å². The number of rotatable bonds is 6. The monoisotopic (exact) mass is 291 g/mol. The van der Waals surface area contributed by atoms with E-state index in [9.17, 15) is 18.9 Å². The molecule has 0 spiro atoms. The van der Waals surface area contributed by atoms with E-state index in [0.717, 1.165) is 6.07 Å². The van der Waals surface area contributed by atoms with Crippen LogP contribution >= 0.6 is 11.6 Å². The van der Waals surface area contributed by atoms with Gasteiger partial charge in [0.2, 0.25) is 0 Å². The van der Waals surface area contributed by atoms with Gasteiger partial charge in [0.25, 0.3) is 12.1 Å². The van der Waals surface area contributed by atoms with Crippen LogP contribution in [0.4, 0.5) is 14.5 Å². The summed E-state index contributed by atoms with van der Waals surface area (Å²) in [6.07, 6.45) is -1.74. The lowest BCUT2D eigenvalue weighted by molar-refractivity contribution is -0.385. The van der Waals surface area contributed by atoms with E-state index in [0.29, 0.717) is 17.9 Å². The Kier molecular flexibility index (Phi) is 5.66. The van der Waals surface area contributed by atoms with Gasteiger partial charge in [-0.1, -0.05) is 19.9 Å². The van der Waals surface area contributed by atoms with E-state index >= 15 is 0 Å². The molecule has 0 bridgehead atoms. The fourth-order valence-corrected chi connectivity index (χ4v) is 2.44. The van der Waals surface area contributed by atoms with Crippen molar-refractivity contribution < 1.29 is 13.7 Å². The summed E-state index contributed by atoms with van der Waals surface area (Å²) >= 11 is 6.11. The summed E-state index contributed by atoms with van der Waals surface area (Å²) in [6, 6.07) is 3.54. The third kappa shape index (κ3) is 4.74. The third-order valence-corrected chi connectivity index (χ3v) is 3.08. The SMILES string of the molecule is CC(C)CC(Cl)Cc1ccc([N+](=O)[O-])cc1C(F)F. The maximum atomic E-state index is 12.9. The molecule has 0 aromatic heterocycles. The van der Waals surface area contributed by atoms with Crippen molar-refractivity contribution in [3.63, 3.8) is 0 Å². The Balaban J connectivity index is 2.97. The number of non-ortho nitro benzene ring substituents is 1. The number of hydrogen-bond acceptors (Lipinski definition) is 2. The van der Waals surface area contributed by atoms with Gasteiger partial charge in [-0.2, -0.15) is 0 Å². The van der Waals surface area contributed by atoms with Gasteiger partial charge in [-0.3, -0.25) is 10.1 Å². The third-order valence-electron chi connectivity index (χ3n) is 2.74. The second kappa shape index (κ2) is 6.80. The Morgan fingerprint density at radius 3 is 2.47 bits per heavy atom. The molecule has 3 nitrogen and oxygen atoms in total. The first-order chi connectivity index (χ1) is 8.81. The quantitative estimate of drug-likeness (QED) is 0.432. The molecule has 0 amide bonds. The molecule has 0 aliphatic carbocycles. The molecule has 0 N–H and O–H groups in total. The molecule has 1 aromatic carbocycles. The summed E-state index contributed by atoms with van der Waals surface area (Å²) in [4.78, 5) is 9.91. The van der Waals surface area contributed by atoms with E-state index in [1.165, 1.54) is 12.1 Å². The summed E-state index contributed by atoms with van der Waals surface area (Å²) in [7, 11) is 0. The molecule has 0 aliphatic heterocycles. The maximum absolute atomic E-state index is 12.9. The molecule has 0 radical (unpaired) electrons. The van der Waals surface area contributed by atoms with Gasteiger partial charge in [0.15, 0.2) is 0 Å². The highest BCUT2D eigenvalue weighted by molar-refractivity contribution is 6.20. The molecular weight excluding hydrogens is 276 g/mol. The highest BCUT2D eigenvalue weighted by Gasteiger charge is 2.20. The molecule has 106 valence electrons. The van der Waals surface area contributed by atoms with E-state index in [4.69, 9.17) is 11.6 Å². The van der Waals surface area contributed by atoms with Crippen LogP contribution in [-0.2, 0) is 6.42 Å². The summed E-state index contributed by atoms with van der Waals surface area (Å²) in [5, 5.41) is 10.3. The van der Waals surface area contributed by atoms with Crippen molar-refractivity contribution in [2.45, 2.75) is 38.5 Å². The number of nitrogens with zero attached hydrogens (tertiary/aromatic N) is 1. The van der Waals surface area contributed by atoms with Crippen LogP contribution < -0.4 is 0 Å². The molecule has 1 unspecified atom stereocenters. The van der Waals surface area contributed by atoms with Crippen LogP contribution in [0, 0.1) is 16.0 Å². The number of hydrogen-bond donors (Lipinski definition) is 0. The van der Waals surface area contributed by atoms with Crippen molar-refractivity contribution in [3.8, 4) is 0 Å². The minimum Gasteiger partial charge on any atom is -0.258 e. The zero-order valence-corrected chi connectivity index (χ0v) is 11.5. The molecule has 6 heteroatoms. The number of alkyl halides is 3.